The van der Waals surface area contributed by atoms with Gasteiger partial charge in [-0.3, -0.25) is 5.01 Å². The maximum atomic E-state index is 5.30. The highest BCUT2D eigenvalue weighted by atomic mass is 16.5. The van der Waals surface area contributed by atoms with E-state index in [0.717, 1.165) is 28.3 Å². The van der Waals surface area contributed by atoms with Gasteiger partial charge in [0.1, 0.15) is 11.4 Å². The molecule has 1 aliphatic heterocycles. The molecule has 0 aliphatic carbocycles. The SMILES string of the molecule is COc1ccc(-c2nn(-c3ccccc3)cc2/C=N/N2C(C)CCCC2C)cc1. The molecule has 2 atom stereocenters. The maximum absolute atomic E-state index is 5.30. The first kappa shape index (κ1) is 19.2. The summed E-state index contributed by atoms with van der Waals surface area (Å²) in [5.74, 6) is 0.836. The van der Waals surface area contributed by atoms with E-state index in [1.807, 2.05) is 53.4 Å². The van der Waals surface area contributed by atoms with Gasteiger partial charge in [-0.15, -0.1) is 0 Å². The standard InChI is InChI=1S/C24H28N4O/c1-18-8-7-9-19(2)28(18)25-16-21-17-27(22-10-5-4-6-11-22)26-24(21)20-12-14-23(29-3)15-13-20/h4-6,10-19H,7-9H2,1-3H3/b25-16+. The van der Waals surface area contributed by atoms with E-state index in [4.69, 9.17) is 14.9 Å². The zero-order chi connectivity index (χ0) is 20.2. The molecule has 1 aliphatic rings. The normalized spacial score (nSPS) is 19.6. The lowest BCUT2D eigenvalue weighted by atomic mass is 10.00. The lowest BCUT2D eigenvalue weighted by Crippen LogP contribution is -2.39. The van der Waals surface area contributed by atoms with E-state index in [1.165, 1.54) is 19.3 Å². The Balaban J connectivity index is 1.72. The number of rotatable bonds is 5. The topological polar surface area (TPSA) is 42.6 Å². The smallest absolute Gasteiger partial charge is 0.118 e. The lowest BCUT2D eigenvalue weighted by molar-refractivity contribution is 0.109. The van der Waals surface area contributed by atoms with Gasteiger partial charge in [0.05, 0.1) is 19.0 Å². The molecule has 0 amide bonds. The van der Waals surface area contributed by atoms with Crippen LogP contribution in [0.5, 0.6) is 5.75 Å². The fourth-order valence-corrected chi connectivity index (χ4v) is 3.93. The molecule has 1 saturated heterocycles. The summed E-state index contributed by atoms with van der Waals surface area (Å²) in [6.07, 6.45) is 7.67. The molecule has 1 aromatic heterocycles. The summed E-state index contributed by atoms with van der Waals surface area (Å²) in [5, 5.41) is 12.0. The fourth-order valence-electron chi connectivity index (χ4n) is 3.93. The molecular weight excluding hydrogens is 360 g/mol. The lowest BCUT2D eigenvalue weighted by Gasteiger charge is -2.36. The van der Waals surface area contributed by atoms with Gasteiger partial charge in [0.15, 0.2) is 0 Å². The van der Waals surface area contributed by atoms with Gasteiger partial charge in [-0.05, 0) is 69.5 Å². The van der Waals surface area contributed by atoms with Crippen LogP contribution in [0.15, 0.2) is 65.9 Å². The van der Waals surface area contributed by atoms with Crippen LogP contribution in [-0.4, -0.2) is 40.2 Å². The van der Waals surface area contributed by atoms with Crippen LogP contribution >= 0.6 is 0 Å². The van der Waals surface area contributed by atoms with Gasteiger partial charge < -0.3 is 4.74 Å². The minimum atomic E-state index is 0.462. The third kappa shape index (κ3) is 4.19. The number of para-hydroxylation sites is 1. The Hall–Kier alpha value is -3.08. The molecule has 29 heavy (non-hydrogen) atoms. The zero-order valence-electron chi connectivity index (χ0n) is 17.3. The summed E-state index contributed by atoms with van der Waals surface area (Å²) in [6, 6.07) is 19.1. The third-order valence-electron chi connectivity index (χ3n) is 5.60. The molecule has 2 unspecified atom stereocenters. The monoisotopic (exact) mass is 388 g/mol. The largest absolute Gasteiger partial charge is 0.497 e. The van der Waals surface area contributed by atoms with E-state index >= 15 is 0 Å². The van der Waals surface area contributed by atoms with Crippen molar-refractivity contribution in [2.75, 3.05) is 7.11 Å². The first-order valence-electron chi connectivity index (χ1n) is 10.3. The van der Waals surface area contributed by atoms with Crippen LogP contribution < -0.4 is 4.74 Å². The fraction of sp³-hybridized carbons (Fsp3) is 0.333. The molecular formula is C24H28N4O. The molecule has 0 spiro atoms. The molecule has 150 valence electrons. The van der Waals surface area contributed by atoms with Crippen LogP contribution in [0.4, 0.5) is 0 Å². The van der Waals surface area contributed by atoms with Crippen molar-refractivity contribution < 1.29 is 4.74 Å². The third-order valence-corrected chi connectivity index (χ3v) is 5.60. The average molecular weight is 389 g/mol. The van der Waals surface area contributed by atoms with Gasteiger partial charge in [0.25, 0.3) is 0 Å². The van der Waals surface area contributed by atoms with Gasteiger partial charge in [-0.2, -0.15) is 10.2 Å². The number of hydrazone groups is 1. The Morgan fingerprint density at radius 2 is 1.69 bits per heavy atom. The molecule has 2 heterocycles. The zero-order valence-corrected chi connectivity index (χ0v) is 17.3. The van der Waals surface area contributed by atoms with Gasteiger partial charge in [-0.25, -0.2) is 4.68 Å². The average Bonchev–Trinajstić information content (AvgIpc) is 3.18. The van der Waals surface area contributed by atoms with Gasteiger partial charge >= 0.3 is 0 Å². The molecule has 0 saturated carbocycles. The molecule has 4 rings (SSSR count). The highest BCUT2D eigenvalue weighted by Crippen LogP contribution is 2.26. The number of aromatic nitrogens is 2. The Morgan fingerprint density at radius 1 is 1.00 bits per heavy atom. The van der Waals surface area contributed by atoms with E-state index in [1.54, 1.807) is 7.11 Å². The number of hydrogen-bond donors (Lipinski definition) is 0. The summed E-state index contributed by atoms with van der Waals surface area (Å²) in [7, 11) is 1.68. The number of nitrogens with zero attached hydrogens (tertiary/aromatic N) is 4. The minimum Gasteiger partial charge on any atom is -0.497 e. The first-order valence-corrected chi connectivity index (χ1v) is 10.3. The number of methoxy groups -OCH3 is 1. The summed E-state index contributed by atoms with van der Waals surface area (Å²) < 4.78 is 7.22. The van der Waals surface area contributed by atoms with Crippen molar-refractivity contribution in [3.05, 3.63) is 66.4 Å². The van der Waals surface area contributed by atoms with E-state index < -0.39 is 0 Å². The Bertz CT molecular complexity index is 952. The highest BCUT2D eigenvalue weighted by molar-refractivity contribution is 5.88. The van der Waals surface area contributed by atoms with Crippen molar-refractivity contribution in [1.82, 2.24) is 14.8 Å². The summed E-state index contributed by atoms with van der Waals surface area (Å²) in [5.41, 5.74) is 3.99. The molecule has 0 N–H and O–H groups in total. The van der Waals surface area contributed by atoms with Gasteiger partial charge in [-0.1, -0.05) is 18.2 Å². The second kappa shape index (κ2) is 8.52. The Kier molecular flexibility index (Phi) is 5.65. The summed E-state index contributed by atoms with van der Waals surface area (Å²) in [4.78, 5) is 0. The number of piperidine rings is 1. The first-order chi connectivity index (χ1) is 14.2. The van der Waals surface area contributed by atoms with Crippen LogP contribution in [0.3, 0.4) is 0 Å². The number of benzene rings is 2. The Morgan fingerprint density at radius 3 is 2.34 bits per heavy atom. The number of ether oxygens (including phenoxy) is 1. The molecule has 1 fully saturated rings. The number of hydrogen-bond acceptors (Lipinski definition) is 4. The maximum Gasteiger partial charge on any atom is 0.118 e. The van der Waals surface area contributed by atoms with Crippen molar-refractivity contribution in [3.8, 4) is 22.7 Å². The van der Waals surface area contributed by atoms with Crippen molar-refractivity contribution in [2.45, 2.75) is 45.2 Å². The van der Waals surface area contributed by atoms with Crippen molar-refractivity contribution in [3.63, 3.8) is 0 Å². The molecule has 5 heteroatoms. The van der Waals surface area contributed by atoms with Crippen molar-refractivity contribution >= 4 is 6.21 Å². The molecule has 3 aromatic rings. The summed E-state index contributed by atoms with van der Waals surface area (Å²) >= 11 is 0. The predicted octanol–water partition coefficient (Wildman–Crippen LogP) is 5.14. The Labute approximate surface area is 172 Å². The van der Waals surface area contributed by atoms with Crippen molar-refractivity contribution in [2.24, 2.45) is 5.10 Å². The highest BCUT2D eigenvalue weighted by Gasteiger charge is 2.23. The molecule has 0 bridgehead atoms. The summed E-state index contributed by atoms with van der Waals surface area (Å²) in [6.45, 7) is 4.51. The second-order valence-corrected chi connectivity index (χ2v) is 7.70. The van der Waals surface area contributed by atoms with E-state index in [-0.39, 0.29) is 0 Å². The van der Waals surface area contributed by atoms with Gasteiger partial charge in [0, 0.05) is 29.4 Å². The van der Waals surface area contributed by atoms with Crippen LogP contribution in [0.2, 0.25) is 0 Å². The quantitative estimate of drug-likeness (QED) is 0.568. The van der Waals surface area contributed by atoms with Crippen molar-refractivity contribution in [1.29, 1.82) is 0 Å². The van der Waals surface area contributed by atoms with Gasteiger partial charge in [0.2, 0.25) is 0 Å². The predicted molar refractivity (Wildman–Crippen MR) is 118 cm³/mol. The molecule has 5 nitrogen and oxygen atoms in total. The minimum absolute atomic E-state index is 0.462. The van der Waals surface area contributed by atoms with Crippen LogP contribution in [0.25, 0.3) is 16.9 Å². The van der Waals surface area contributed by atoms with E-state index in [9.17, 15) is 0 Å². The van der Waals surface area contributed by atoms with Crippen LogP contribution in [0.1, 0.15) is 38.7 Å². The van der Waals surface area contributed by atoms with E-state index in [2.05, 4.69) is 37.2 Å². The van der Waals surface area contributed by atoms with E-state index in [0.29, 0.717) is 12.1 Å². The molecule has 0 radical (unpaired) electrons. The second-order valence-electron chi connectivity index (χ2n) is 7.70. The van der Waals surface area contributed by atoms with Crippen LogP contribution in [-0.2, 0) is 0 Å². The molecule has 2 aromatic carbocycles. The van der Waals surface area contributed by atoms with Crippen LogP contribution in [0, 0.1) is 0 Å².